The van der Waals surface area contributed by atoms with Crippen LogP contribution in [0.5, 0.6) is 0 Å². The van der Waals surface area contributed by atoms with E-state index in [1.54, 1.807) is 0 Å². The molecule has 4 rings (SSSR count). The zero-order chi connectivity index (χ0) is 19.7. The van der Waals surface area contributed by atoms with Gasteiger partial charge in [0, 0.05) is 30.2 Å². The number of benzene rings is 1. The number of halogens is 2. The molecule has 29 heavy (non-hydrogen) atoms. The molecule has 1 unspecified atom stereocenters. The highest BCUT2D eigenvalue weighted by Crippen LogP contribution is 2.39. The lowest BCUT2D eigenvalue weighted by atomic mass is 9.95. The molecule has 0 bridgehead atoms. The first kappa shape index (κ1) is 21.7. The minimum Gasteiger partial charge on any atom is -0.354 e. The molecular weight excluding hydrogens is 454 g/mol. The average molecular weight is 479 g/mol. The summed E-state index contributed by atoms with van der Waals surface area (Å²) in [6, 6.07) is 6.05. The van der Waals surface area contributed by atoms with E-state index in [0.717, 1.165) is 59.0 Å². The molecule has 3 aromatic rings. The summed E-state index contributed by atoms with van der Waals surface area (Å²) in [4.78, 5) is 22.4. The second-order valence-corrected chi connectivity index (χ2v) is 8.18. The molecule has 1 N–H and O–H groups in total. The van der Waals surface area contributed by atoms with E-state index in [4.69, 9.17) is 4.98 Å². The first-order chi connectivity index (χ1) is 13.6. The Kier molecular flexibility index (Phi) is 6.90. The summed E-state index contributed by atoms with van der Waals surface area (Å²) in [6.45, 7) is 5.88. The quantitative estimate of drug-likeness (QED) is 0.490. The number of Topliss-reactive ketones (excluding diaryl/α,β-unsaturated/α-hetero) is 1. The topological polar surface area (TPSA) is 72.7 Å². The van der Waals surface area contributed by atoms with Crippen molar-refractivity contribution < 1.29 is 4.79 Å². The Hall–Kier alpha value is -1.99. The van der Waals surface area contributed by atoms with E-state index in [0.29, 0.717) is 18.0 Å². The third-order valence-electron chi connectivity index (χ3n) is 5.10. The van der Waals surface area contributed by atoms with Crippen molar-refractivity contribution in [3.05, 3.63) is 45.7 Å². The van der Waals surface area contributed by atoms with Crippen molar-refractivity contribution in [2.75, 3.05) is 11.9 Å². The third-order valence-corrected chi connectivity index (χ3v) is 5.59. The Morgan fingerprint density at radius 1 is 1.24 bits per heavy atom. The van der Waals surface area contributed by atoms with Crippen molar-refractivity contribution in [3.63, 3.8) is 0 Å². The minimum absolute atomic E-state index is 0. The van der Waals surface area contributed by atoms with Gasteiger partial charge in [0.25, 0.3) is 0 Å². The molecule has 0 radical (unpaired) electrons. The van der Waals surface area contributed by atoms with Crippen LogP contribution < -0.4 is 5.32 Å². The van der Waals surface area contributed by atoms with Crippen molar-refractivity contribution in [1.29, 1.82) is 0 Å². The van der Waals surface area contributed by atoms with Crippen molar-refractivity contribution in [3.8, 4) is 0 Å². The Morgan fingerprint density at radius 2 is 2.07 bits per heavy atom. The van der Waals surface area contributed by atoms with Gasteiger partial charge in [0.2, 0.25) is 5.95 Å². The molecule has 0 saturated heterocycles. The maximum atomic E-state index is 13.0. The SMILES string of the molecule is CCCCNc1nc(C2C(=O)Cc3ccc(Br)cc32)c2cn(CCC)nc2n1.Cl. The molecule has 0 aliphatic heterocycles. The highest BCUT2D eigenvalue weighted by Gasteiger charge is 2.35. The van der Waals surface area contributed by atoms with Crippen molar-refractivity contribution in [2.24, 2.45) is 0 Å². The number of fused-ring (bicyclic) bond motifs is 2. The molecule has 0 amide bonds. The maximum Gasteiger partial charge on any atom is 0.225 e. The summed E-state index contributed by atoms with van der Waals surface area (Å²) in [7, 11) is 0. The highest BCUT2D eigenvalue weighted by molar-refractivity contribution is 9.10. The van der Waals surface area contributed by atoms with Gasteiger partial charge in [-0.3, -0.25) is 9.48 Å². The molecule has 0 saturated carbocycles. The molecule has 0 fully saturated rings. The van der Waals surface area contributed by atoms with Gasteiger partial charge in [0.1, 0.15) is 0 Å². The lowest BCUT2D eigenvalue weighted by molar-refractivity contribution is -0.118. The van der Waals surface area contributed by atoms with Crippen LogP contribution in [0.15, 0.2) is 28.9 Å². The number of nitrogens with one attached hydrogen (secondary N) is 1. The minimum atomic E-state index is -0.371. The van der Waals surface area contributed by atoms with Crippen molar-refractivity contribution in [2.45, 2.75) is 52.0 Å². The fourth-order valence-electron chi connectivity index (χ4n) is 3.75. The molecule has 154 valence electrons. The lowest BCUT2D eigenvalue weighted by Crippen LogP contribution is -2.13. The first-order valence-electron chi connectivity index (χ1n) is 9.90. The molecule has 1 aliphatic rings. The number of hydrogen-bond donors (Lipinski definition) is 1. The van der Waals surface area contributed by atoms with Crippen molar-refractivity contribution >= 4 is 51.1 Å². The number of aromatic nitrogens is 4. The van der Waals surface area contributed by atoms with Gasteiger partial charge in [-0.15, -0.1) is 12.4 Å². The van der Waals surface area contributed by atoms with E-state index >= 15 is 0 Å². The first-order valence-corrected chi connectivity index (χ1v) is 10.7. The summed E-state index contributed by atoms with van der Waals surface area (Å²) in [6.07, 6.45) is 5.54. The summed E-state index contributed by atoms with van der Waals surface area (Å²) < 4.78 is 2.87. The Labute approximate surface area is 185 Å². The number of ketones is 1. The smallest absolute Gasteiger partial charge is 0.225 e. The van der Waals surface area contributed by atoms with E-state index in [9.17, 15) is 4.79 Å². The van der Waals surface area contributed by atoms with Gasteiger partial charge >= 0.3 is 0 Å². The van der Waals surface area contributed by atoms with E-state index in [1.807, 2.05) is 29.1 Å². The van der Waals surface area contributed by atoms with Crippen LogP contribution in [0.2, 0.25) is 0 Å². The second kappa shape index (κ2) is 9.22. The second-order valence-electron chi connectivity index (χ2n) is 7.26. The van der Waals surface area contributed by atoms with Gasteiger partial charge in [0.15, 0.2) is 11.4 Å². The van der Waals surface area contributed by atoms with Gasteiger partial charge < -0.3 is 5.32 Å². The van der Waals surface area contributed by atoms with Gasteiger partial charge in [-0.2, -0.15) is 10.1 Å². The fourth-order valence-corrected chi connectivity index (χ4v) is 4.13. The number of hydrogen-bond acceptors (Lipinski definition) is 5. The molecule has 1 aromatic carbocycles. The van der Waals surface area contributed by atoms with E-state index < -0.39 is 0 Å². The predicted octanol–water partition coefficient (Wildman–Crippen LogP) is 4.89. The van der Waals surface area contributed by atoms with Crippen LogP contribution in [-0.4, -0.2) is 32.1 Å². The monoisotopic (exact) mass is 477 g/mol. The average Bonchev–Trinajstić information content (AvgIpc) is 3.21. The van der Waals surface area contributed by atoms with Crippen LogP contribution in [0.3, 0.4) is 0 Å². The largest absolute Gasteiger partial charge is 0.354 e. The maximum absolute atomic E-state index is 13.0. The molecular formula is C21H25BrClN5O. The van der Waals surface area contributed by atoms with E-state index in [1.165, 1.54) is 0 Å². The standard InChI is InChI=1S/C21H24BrN5O.ClH/c1-3-5-8-23-21-24-19(16-12-27(9-4-2)26-20(16)25-21)18-15-11-14(22)7-6-13(15)10-17(18)28;/h6-7,11-12,18H,3-5,8-10H2,1-2H3,(H,23,25,26);1H. The van der Waals surface area contributed by atoms with Crippen LogP contribution in [0.1, 0.15) is 55.8 Å². The number of rotatable bonds is 7. The zero-order valence-electron chi connectivity index (χ0n) is 16.6. The van der Waals surface area contributed by atoms with Crippen molar-refractivity contribution in [1.82, 2.24) is 19.7 Å². The Morgan fingerprint density at radius 3 is 2.83 bits per heavy atom. The van der Waals surface area contributed by atoms with E-state index in [-0.39, 0.29) is 24.1 Å². The normalized spacial score (nSPS) is 15.4. The number of carbonyl (C=O) groups excluding carboxylic acids is 1. The van der Waals surface area contributed by atoms with Gasteiger partial charge in [-0.25, -0.2) is 4.98 Å². The van der Waals surface area contributed by atoms with Crippen LogP contribution in [0, 0.1) is 0 Å². The summed E-state index contributed by atoms with van der Waals surface area (Å²) in [5.74, 6) is 0.355. The molecule has 2 heterocycles. The predicted molar refractivity (Wildman–Crippen MR) is 121 cm³/mol. The van der Waals surface area contributed by atoms with Gasteiger partial charge in [-0.05, 0) is 36.1 Å². The van der Waals surface area contributed by atoms with Crippen LogP contribution in [0.25, 0.3) is 11.0 Å². The Bertz CT molecular complexity index is 1040. The van der Waals surface area contributed by atoms with E-state index in [2.05, 4.69) is 45.2 Å². The fraction of sp³-hybridized carbons (Fsp3) is 0.429. The number of nitrogens with zero attached hydrogens (tertiary/aromatic N) is 4. The Balaban J connectivity index is 0.00000240. The molecule has 0 spiro atoms. The third kappa shape index (κ3) is 4.31. The van der Waals surface area contributed by atoms with Gasteiger partial charge in [0.05, 0.1) is 17.0 Å². The molecule has 1 aliphatic carbocycles. The van der Waals surface area contributed by atoms with Gasteiger partial charge in [-0.1, -0.05) is 42.3 Å². The zero-order valence-corrected chi connectivity index (χ0v) is 19.0. The number of carbonyl (C=O) groups is 1. The number of unbranched alkanes of at least 4 members (excludes halogenated alkanes) is 1. The van der Waals surface area contributed by atoms with Crippen LogP contribution in [-0.2, 0) is 17.8 Å². The molecule has 2 aromatic heterocycles. The lowest BCUT2D eigenvalue weighted by Gasteiger charge is -2.13. The molecule has 6 nitrogen and oxygen atoms in total. The van der Waals surface area contributed by atoms with Crippen LogP contribution >= 0.6 is 28.3 Å². The number of aryl methyl sites for hydroxylation is 1. The molecule has 8 heteroatoms. The summed E-state index contributed by atoms with van der Waals surface area (Å²) in [5.41, 5.74) is 3.51. The van der Waals surface area contributed by atoms with Crippen LogP contribution in [0.4, 0.5) is 5.95 Å². The number of anilines is 1. The summed E-state index contributed by atoms with van der Waals surface area (Å²) in [5, 5.41) is 8.79. The summed E-state index contributed by atoms with van der Waals surface area (Å²) >= 11 is 3.54. The highest BCUT2D eigenvalue weighted by atomic mass is 79.9. The molecule has 1 atom stereocenters.